The lowest BCUT2D eigenvalue weighted by molar-refractivity contribution is 0.158. The number of fused-ring (bicyclic) bond motifs is 2. The zero-order chi connectivity index (χ0) is 11.9. The number of aromatic nitrogens is 3. The summed E-state index contributed by atoms with van der Waals surface area (Å²) in [5.41, 5.74) is 1.61. The van der Waals surface area contributed by atoms with Gasteiger partial charge in [-0.1, -0.05) is 11.6 Å². The Morgan fingerprint density at radius 1 is 1.53 bits per heavy atom. The molecule has 2 bridgehead atoms. The van der Waals surface area contributed by atoms with Crippen LogP contribution in [0.5, 0.6) is 0 Å². The zero-order valence-corrected chi connectivity index (χ0v) is 10.8. The first-order chi connectivity index (χ1) is 8.22. The van der Waals surface area contributed by atoms with Gasteiger partial charge in [0.15, 0.2) is 0 Å². The average Bonchev–Trinajstić information content (AvgIpc) is 2.95. The molecule has 0 aliphatic heterocycles. The minimum atomic E-state index is 0.452. The maximum atomic E-state index is 4.28. The van der Waals surface area contributed by atoms with Gasteiger partial charge in [0.2, 0.25) is 0 Å². The highest BCUT2D eigenvalue weighted by Crippen LogP contribution is 2.56. The lowest BCUT2D eigenvalue weighted by Crippen LogP contribution is -2.39. The third kappa shape index (κ3) is 1.88. The van der Waals surface area contributed by atoms with E-state index < -0.39 is 0 Å². The first-order valence-electron chi connectivity index (χ1n) is 6.72. The Morgan fingerprint density at radius 3 is 2.94 bits per heavy atom. The predicted molar refractivity (Wildman–Crippen MR) is 66.5 cm³/mol. The van der Waals surface area contributed by atoms with Gasteiger partial charge in [-0.2, -0.15) is 0 Å². The molecule has 0 saturated heterocycles. The highest BCUT2D eigenvalue weighted by Gasteiger charge is 2.50. The highest BCUT2D eigenvalue weighted by atomic mass is 15.4. The van der Waals surface area contributed by atoms with Crippen LogP contribution in [0.4, 0.5) is 0 Å². The third-order valence-corrected chi connectivity index (χ3v) is 4.81. The average molecular weight is 234 g/mol. The molecule has 3 atom stereocenters. The molecule has 1 aromatic heterocycles. The Hall–Kier alpha value is -0.900. The summed E-state index contributed by atoms with van der Waals surface area (Å²) in [6.07, 6.45) is 8.88. The molecule has 0 spiro atoms. The van der Waals surface area contributed by atoms with Gasteiger partial charge in [-0.15, -0.1) is 5.10 Å². The molecule has 2 aliphatic carbocycles. The fourth-order valence-corrected chi connectivity index (χ4v) is 4.24. The number of nitrogens with zero attached hydrogens (tertiary/aromatic N) is 3. The SMILES string of the molecule is CNCC1(Cc2cn(C)nn2)CC2CCC1C2. The molecule has 4 nitrogen and oxygen atoms in total. The molecule has 4 heteroatoms. The second-order valence-electron chi connectivity index (χ2n) is 6.03. The molecule has 2 saturated carbocycles. The second-order valence-corrected chi connectivity index (χ2v) is 6.03. The van der Waals surface area contributed by atoms with E-state index in [1.165, 1.54) is 25.7 Å². The van der Waals surface area contributed by atoms with Gasteiger partial charge in [-0.05, 0) is 43.6 Å². The standard InChI is InChI=1S/C13H22N4/c1-14-9-13(6-10-3-4-11(13)5-10)7-12-8-17(2)16-15-12/h8,10-11,14H,3-7,9H2,1-2H3. The van der Waals surface area contributed by atoms with E-state index in [1.54, 1.807) is 0 Å². The summed E-state index contributed by atoms with van der Waals surface area (Å²) >= 11 is 0. The van der Waals surface area contributed by atoms with Crippen molar-refractivity contribution in [3.63, 3.8) is 0 Å². The maximum Gasteiger partial charge on any atom is 0.0833 e. The minimum Gasteiger partial charge on any atom is -0.319 e. The quantitative estimate of drug-likeness (QED) is 0.856. The molecule has 0 amide bonds. The number of rotatable bonds is 4. The monoisotopic (exact) mass is 234 g/mol. The highest BCUT2D eigenvalue weighted by molar-refractivity contribution is 5.08. The molecule has 0 radical (unpaired) electrons. The van der Waals surface area contributed by atoms with Crippen molar-refractivity contribution in [2.75, 3.05) is 13.6 Å². The van der Waals surface area contributed by atoms with E-state index in [4.69, 9.17) is 0 Å². The maximum absolute atomic E-state index is 4.28. The van der Waals surface area contributed by atoms with Crippen LogP contribution in [0.25, 0.3) is 0 Å². The summed E-state index contributed by atoms with van der Waals surface area (Å²) in [4.78, 5) is 0. The van der Waals surface area contributed by atoms with Crippen LogP contribution >= 0.6 is 0 Å². The van der Waals surface area contributed by atoms with Gasteiger partial charge < -0.3 is 5.32 Å². The van der Waals surface area contributed by atoms with E-state index in [0.717, 1.165) is 30.5 Å². The number of hydrogen-bond donors (Lipinski definition) is 1. The van der Waals surface area contributed by atoms with Crippen LogP contribution in [0.1, 0.15) is 31.4 Å². The normalized spacial score (nSPS) is 35.6. The van der Waals surface area contributed by atoms with E-state index in [-0.39, 0.29) is 0 Å². The van der Waals surface area contributed by atoms with Crippen LogP contribution in [0.2, 0.25) is 0 Å². The van der Waals surface area contributed by atoms with Crippen molar-refractivity contribution in [1.82, 2.24) is 20.3 Å². The fraction of sp³-hybridized carbons (Fsp3) is 0.846. The smallest absolute Gasteiger partial charge is 0.0833 e. The first-order valence-corrected chi connectivity index (χ1v) is 6.72. The topological polar surface area (TPSA) is 42.7 Å². The molecule has 3 rings (SSSR count). The van der Waals surface area contributed by atoms with Crippen molar-refractivity contribution in [1.29, 1.82) is 0 Å². The largest absolute Gasteiger partial charge is 0.319 e. The van der Waals surface area contributed by atoms with Gasteiger partial charge in [-0.25, -0.2) is 0 Å². The molecule has 0 aromatic carbocycles. The zero-order valence-electron chi connectivity index (χ0n) is 10.8. The van der Waals surface area contributed by atoms with Crippen molar-refractivity contribution in [2.24, 2.45) is 24.3 Å². The van der Waals surface area contributed by atoms with Gasteiger partial charge in [0.1, 0.15) is 0 Å². The summed E-state index contributed by atoms with van der Waals surface area (Å²) in [6, 6.07) is 0. The van der Waals surface area contributed by atoms with Gasteiger partial charge in [-0.3, -0.25) is 4.68 Å². The van der Waals surface area contributed by atoms with E-state index in [0.29, 0.717) is 5.41 Å². The second kappa shape index (κ2) is 4.09. The van der Waals surface area contributed by atoms with Crippen molar-refractivity contribution in [3.8, 4) is 0 Å². The molecule has 2 aliphatic rings. The molecule has 94 valence electrons. The molecular weight excluding hydrogens is 212 g/mol. The van der Waals surface area contributed by atoms with Crippen LogP contribution in [-0.4, -0.2) is 28.6 Å². The molecule has 1 heterocycles. The number of nitrogens with one attached hydrogen (secondary N) is 1. The lowest BCUT2D eigenvalue weighted by Gasteiger charge is -2.37. The number of hydrogen-bond acceptors (Lipinski definition) is 3. The van der Waals surface area contributed by atoms with Gasteiger partial charge in [0.05, 0.1) is 5.69 Å². The van der Waals surface area contributed by atoms with Crippen LogP contribution in [0.15, 0.2) is 6.20 Å². The summed E-state index contributed by atoms with van der Waals surface area (Å²) < 4.78 is 1.82. The van der Waals surface area contributed by atoms with Crippen LogP contribution in [0.3, 0.4) is 0 Å². The lowest BCUT2D eigenvalue weighted by atomic mass is 9.70. The molecule has 17 heavy (non-hydrogen) atoms. The van der Waals surface area contributed by atoms with Crippen LogP contribution < -0.4 is 5.32 Å². The van der Waals surface area contributed by atoms with E-state index in [2.05, 4.69) is 28.9 Å². The molecule has 1 N–H and O–H groups in total. The summed E-state index contributed by atoms with van der Waals surface area (Å²) in [7, 11) is 4.02. The Kier molecular flexibility index (Phi) is 2.69. The summed E-state index contributed by atoms with van der Waals surface area (Å²) in [5, 5.41) is 11.7. The van der Waals surface area contributed by atoms with Gasteiger partial charge >= 0.3 is 0 Å². The van der Waals surface area contributed by atoms with E-state index in [1.807, 2.05) is 11.7 Å². The molecular formula is C13H22N4. The van der Waals surface area contributed by atoms with E-state index in [9.17, 15) is 0 Å². The summed E-state index contributed by atoms with van der Waals surface area (Å²) in [6.45, 7) is 1.13. The van der Waals surface area contributed by atoms with Crippen molar-refractivity contribution < 1.29 is 0 Å². The molecule has 3 unspecified atom stereocenters. The minimum absolute atomic E-state index is 0.452. The number of aryl methyl sites for hydroxylation is 1. The Bertz CT molecular complexity index is 400. The van der Waals surface area contributed by atoms with Crippen molar-refractivity contribution >= 4 is 0 Å². The molecule has 2 fully saturated rings. The third-order valence-electron chi connectivity index (χ3n) is 4.81. The van der Waals surface area contributed by atoms with Crippen molar-refractivity contribution in [3.05, 3.63) is 11.9 Å². The van der Waals surface area contributed by atoms with Gasteiger partial charge in [0.25, 0.3) is 0 Å². The first kappa shape index (κ1) is 11.2. The Labute approximate surface area is 103 Å². The van der Waals surface area contributed by atoms with Crippen molar-refractivity contribution in [2.45, 2.75) is 32.1 Å². The van der Waals surface area contributed by atoms with Crippen LogP contribution in [0, 0.1) is 17.3 Å². The van der Waals surface area contributed by atoms with E-state index >= 15 is 0 Å². The molecule has 1 aromatic rings. The Balaban J connectivity index is 1.81. The van der Waals surface area contributed by atoms with Crippen LogP contribution in [-0.2, 0) is 13.5 Å². The predicted octanol–water partition coefficient (Wildman–Crippen LogP) is 1.38. The summed E-state index contributed by atoms with van der Waals surface area (Å²) in [5.74, 6) is 1.88. The van der Waals surface area contributed by atoms with Gasteiger partial charge in [0, 0.05) is 26.2 Å². The fourth-order valence-electron chi connectivity index (χ4n) is 4.24. The Morgan fingerprint density at radius 2 is 2.41 bits per heavy atom.